The van der Waals surface area contributed by atoms with Gasteiger partial charge in [-0.2, -0.15) is 0 Å². The Balaban J connectivity index is 2.03. The van der Waals surface area contributed by atoms with Crippen molar-refractivity contribution in [1.82, 2.24) is 4.57 Å². The zero-order chi connectivity index (χ0) is 19.2. The standard InChI is InChI=1S/C26H29N/c1-18(2)15-22-24(21-13-11-19(3)12-14-21)25(20-9-7-6-8-10-20)23-16-26(4,5)17-27(22)23/h6-14H,1,15-17H2,2-5H3. The van der Waals surface area contributed by atoms with Gasteiger partial charge in [0.2, 0.25) is 0 Å². The van der Waals surface area contributed by atoms with E-state index in [0.29, 0.717) is 5.41 Å². The maximum Gasteiger partial charge on any atom is 0.0303 e. The molecule has 138 valence electrons. The SMILES string of the molecule is C=C(C)Cc1c(-c2ccc(C)cc2)c(-c2ccccc2)c2n1CC(C)(C)C2. The summed E-state index contributed by atoms with van der Waals surface area (Å²) in [4.78, 5) is 0. The summed E-state index contributed by atoms with van der Waals surface area (Å²) >= 11 is 0. The Labute approximate surface area is 163 Å². The monoisotopic (exact) mass is 355 g/mol. The summed E-state index contributed by atoms with van der Waals surface area (Å²) in [5.74, 6) is 0. The van der Waals surface area contributed by atoms with Gasteiger partial charge in [0.25, 0.3) is 0 Å². The molecular formula is C26H29N. The summed E-state index contributed by atoms with van der Waals surface area (Å²) in [6, 6.07) is 19.9. The smallest absolute Gasteiger partial charge is 0.0303 e. The molecule has 0 atom stereocenters. The van der Waals surface area contributed by atoms with Crippen molar-refractivity contribution in [2.75, 3.05) is 0 Å². The van der Waals surface area contributed by atoms with Crippen molar-refractivity contribution < 1.29 is 0 Å². The lowest BCUT2D eigenvalue weighted by Gasteiger charge is -2.19. The highest BCUT2D eigenvalue weighted by atomic mass is 15.0. The van der Waals surface area contributed by atoms with Gasteiger partial charge in [-0.25, -0.2) is 0 Å². The first-order valence-corrected chi connectivity index (χ1v) is 9.87. The molecule has 0 spiro atoms. The summed E-state index contributed by atoms with van der Waals surface area (Å²) in [5, 5.41) is 0. The molecule has 2 heterocycles. The van der Waals surface area contributed by atoms with Crippen LogP contribution >= 0.6 is 0 Å². The molecule has 0 bridgehead atoms. The van der Waals surface area contributed by atoms with E-state index >= 15 is 0 Å². The van der Waals surface area contributed by atoms with Crippen molar-refractivity contribution in [2.24, 2.45) is 5.41 Å². The Bertz CT molecular complexity index is 985. The molecular weight excluding hydrogens is 326 g/mol. The lowest BCUT2D eigenvalue weighted by molar-refractivity contribution is 0.356. The van der Waals surface area contributed by atoms with Crippen LogP contribution in [0.3, 0.4) is 0 Å². The van der Waals surface area contributed by atoms with E-state index in [9.17, 15) is 0 Å². The van der Waals surface area contributed by atoms with Crippen molar-refractivity contribution in [3.8, 4) is 22.3 Å². The van der Waals surface area contributed by atoms with Gasteiger partial charge in [0.05, 0.1) is 0 Å². The third-order valence-electron chi connectivity index (χ3n) is 5.58. The fourth-order valence-corrected chi connectivity index (χ4v) is 4.45. The van der Waals surface area contributed by atoms with E-state index in [4.69, 9.17) is 0 Å². The topological polar surface area (TPSA) is 4.93 Å². The molecule has 0 aliphatic carbocycles. The molecule has 1 nitrogen and oxygen atoms in total. The van der Waals surface area contributed by atoms with Gasteiger partial charge in [-0.1, -0.05) is 86.2 Å². The predicted molar refractivity (Wildman–Crippen MR) is 116 cm³/mol. The minimum Gasteiger partial charge on any atom is -0.346 e. The summed E-state index contributed by atoms with van der Waals surface area (Å²) in [6.07, 6.45) is 2.05. The Kier molecular flexibility index (Phi) is 4.34. The van der Waals surface area contributed by atoms with Crippen molar-refractivity contribution in [3.63, 3.8) is 0 Å². The van der Waals surface area contributed by atoms with E-state index in [0.717, 1.165) is 19.4 Å². The number of allylic oxidation sites excluding steroid dienone is 1. The number of rotatable bonds is 4. The van der Waals surface area contributed by atoms with Gasteiger partial charge in [0, 0.05) is 35.5 Å². The van der Waals surface area contributed by atoms with E-state index in [1.807, 2.05) is 0 Å². The highest BCUT2D eigenvalue weighted by Crippen LogP contribution is 2.47. The second kappa shape index (κ2) is 6.56. The van der Waals surface area contributed by atoms with Crippen molar-refractivity contribution in [1.29, 1.82) is 0 Å². The lowest BCUT2D eigenvalue weighted by atomic mass is 9.86. The molecule has 0 N–H and O–H groups in total. The third-order valence-corrected chi connectivity index (χ3v) is 5.58. The molecule has 0 amide bonds. The van der Waals surface area contributed by atoms with E-state index < -0.39 is 0 Å². The molecule has 1 aliphatic rings. The molecule has 0 unspecified atom stereocenters. The first-order chi connectivity index (χ1) is 12.9. The van der Waals surface area contributed by atoms with Crippen LogP contribution in [0.25, 0.3) is 22.3 Å². The maximum atomic E-state index is 4.23. The zero-order valence-electron chi connectivity index (χ0n) is 17.0. The maximum absolute atomic E-state index is 4.23. The van der Waals surface area contributed by atoms with Gasteiger partial charge >= 0.3 is 0 Å². The van der Waals surface area contributed by atoms with Gasteiger partial charge < -0.3 is 4.57 Å². The van der Waals surface area contributed by atoms with Gasteiger partial charge in [-0.05, 0) is 36.8 Å². The number of hydrogen-bond donors (Lipinski definition) is 0. The molecule has 0 fully saturated rings. The van der Waals surface area contributed by atoms with Crippen LogP contribution in [-0.4, -0.2) is 4.57 Å². The molecule has 1 aromatic heterocycles. The molecule has 1 aliphatic heterocycles. The van der Waals surface area contributed by atoms with Crippen molar-refractivity contribution >= 4 is 0 Å². The third kappa shape index (κ3) is 3.27. The zero-order valence-corrected chi connectivity index (χ0v) is 17.0. The van der Waals surface area contributed by atoms with Crippen LogP contribution in [0.1, 0.15) is 37.7 Å². The van der Waals surface area contributed by atoms with Crippen LogP contribution in [0.5, 0.6) is 0 Å². The van der Waals surface area contributed by atoms with E-state index in [1.54, 1.807) is 0 Å². The molecule has 2 aromatic carbocycles. The number of benzene rings is 2. The summed E-state index contributed by atoms with van der Waals surface area (Å²) in [7, 11) is 0. The molecule has 0 saturated heterocycles. The summed E-state index contributed by atoms with van der Waals surface area (Å²) in [5.41, 5.74) is 11.2. The van der Waals surface area contributed by atoms with E-state index in [-0.39, 0.29) is 0 Å². The Morgan fingerprint density at radius 3 is 2.22 bits per heavy atom. The van der Waals surface area contributed by atoms with Gasteiger partial charge in [0.15, 0.2) is 0 Å². The van der Waals surface area contributed by atoms with Gasteiger partial charge in [0.1, 0.15) is 0 Å². The number of aryl methyl sites for hydroxylation is 1. The minimum atomic E-state index is 0.300. The fourth-order valence-electron chi connectivity index (χ4n) is 4.45. The number of aromatic nitrogens is 1. The highest BCUT2D eigenvalue weighted by molar-refractivity contribution is 5.88. The second-order valence-corrected chi connectivity index (χ2v) is 8.94. The first kappa shape index (κ1) is 17.9. The van der Waals surface area contributed by atoms with Crippen molar-refractivity contribution in [3.05, 3.63) is 83.7 Å². The van der Waals surface area contributed by atoms with E-state index in [2.05, 4.69) is 93.4 Å². The summed E-state index contributed by atoms with van der Waals surface area (Å²) in [6.45, 7) is 14.4. The minimum absolute atomic E-state index is 0.300. The van der Waals surface area contributed by atoms with Crippen LogP contribution in [0, 0.1) is 12.3 Å². The largest absolute Gasteiger partial charge is 0.346 e. The number of hydrogen-bond acceptors (Lipinski definition) is 0. The second-order valence-electron chi connectivity index (χ2n) is 8.94. The molecule has 27 heavy (non-hydrogen) atoms. The summed E-state index contributed by atoms with van der Waals surface area (Å²) < 4.78 is 2.59. The first-order valence-electron chi connectivity index (χ1n) is 9.87. The van der Waals surface area contributed by atoms with Crippen molar-refractivity contribution in [2.45, 2.75) is 47.1 Å². The average Bonchev–Trinajstić information content (AvgIpc) is 3.07. The van der Waals surface area contributed by atoms with Gasteiger partial charge in [-0.3, -0.25) is 0 Å². The van der Waals surface area contributed by atoms with Crippen LogP contribution in [0.4, 0.5) is 0 Å². The Hall–Kier alpha value is -2.54. The average molecular weight is 356 g/mol. The highest BCUT2D eigenvalue weighted by Gasteiger charge is 2.35. The molecule has 1 heteroatoms. The van der Waals surface area contributed by atoms with Crippen LogP contribution < -0.4 is 0 Å². The molecule has 3 aromatic rings. The Morgan fingerprint density at radius 2 is 1.59 bits per heavy atom. The normalized spacial score (nSPS) is 15.0. The van der Waals surface area contributed by atoms with Crippen LogP contribution in [-0.2, 0) is 19.4 Å². The van der Waals surface area contributed by atoms with Crippen LogP contribution in [0.15, 0.2) is 66.7 Å². The predicted octanol–water partition coefficient (Wildman–Crippen LogP) is 6.83. The number of fused-ring (bicyclic) bond motifs is 1. The molecule has 4 rings (SSSR count). The quantitative estimate of drug-likeness (QED) is 0.452. The fraction of sp³-hybridized carbons (Fsp3) is 0.308. The molecule has 0 radical (unpaired) electrons. The van der Waals surface area contributed by atoms with Gasteiger partial charge in [-0.15, -0.1) is 0 Å². The Morgan fingerprint density at radius 1 is 0.963 bits per heavy atom. The lowest BCUT2D eigenvalue weighted by Crippen LogP contribution is -2.14. The molecule has 0 saturated carbocycles. The van der Waals surface area contributed by atoms with Crippen LogP contribution in [0.2, 0.25) is 0 Å². The number of nitrogens with zero attached hydrogens (tertiary/aromatic N) is 1. The van der Waals surface area contributed by atoms with E-state index in [1.165, 1.54) is 44.8 Å².